The number of aryl methyl sites for hydroxylation is 2. The Kier molecular flexibility index (Phi) is 4.76. The van der Waals surface area contributed by atoms with E-state index in [2.05, 4.69) is 15.4 Å². The molecule has 0 spiro atoms. The van der Waals surface area contributed by atoms with E-state index >= 15 is 0 Å². The first kappa shape index (κ1) is 16.4. The molecule has 0 aliphatic heterocycles. The highest BCUT2D eigenvalue weighted by atomic mass is 32.1. The maximum atomic E-state index is 12.2. The number of thiazole rings is 1. The molecule has 0 radical (unpaired) electrons. The molecule has 5 nitrogen and oxygen atoms in total. The molecule has 0 unspecified atom stereocenters. The first-order valence-corrected chi connectivity index (χ1v) is 8.68. The fourth-order valence-corrected chi connectivity index (χ4v) is 3.41. The van der Waals surface area contributed by atoms with Gasteiger partial charge in [-0.1, -0.05) is 30.3 Å². The maximum Gasteiger partial charge on any atom is 0.224 e. The molecule has 3 aromatic rings. The minimum absolute atomic E-state index is 0.0107. The van der Waals surface area contributed by atoms with Crippen molar-refractivity contribution < 1.29 is 4.79 Å². The largest absolute Gasteiger partial charge is 0.350 e. The SMILES string of the molecule is Cc1nn(C)c(C)c1CC(=O)NCc1csc(-c2ccccc2)n1. The molecule has 0 saturated heterocycles. The van der Waals surface area contributed by atoms with Crippen LogP contribution in [0.3, 0.4) is 0 Å². The molecule has 1 amide bonds. The molecule has 124 valence electrons. The van der Waals surface area contributed by atoms with Crippen LogP contribution in [-0.2, 0) is 24.8 Å². The van der Waals surface area contributed by atoms with Gasteiger partial charge in [0.2, 0.25) is 5.91 Å². The van der Waals surface area contributed by atoms with Gasteiger partial charge >= 0.3 is 0 Å². The van der Waals surface area contributed by atoms with E-state index in [-0.39, 0.29) is 5.91 Å². The Morgan fingerprint density at radius 3 is 2.67 bits per heavy atom. The number of nitrogens with zero attached hydrogens (tertiary/aromatic N) is 3. The van der Waals surface area contributed by atoms with Crippen molar-refractivity contribution in [2.24, 2.45) is 7.05 Å². The van der Waals surface area contributed by atoms with Crippen molar-refractivity contribution in [1.29, 1.82) is 0 Å². The van der Waals surface area contributed by atoms with Crippen LogP contribution in [0.5, 0.6) is 0 Å². The van der Waals surface area contributed by atoms with Gasteiger partial charge in [0, 0.05) is 29.2 Å². The van der Waals surface area contributed by atoms with Gasteiger partial charge in [-0.15, -0.1) is 11.3 Å². The summed E-state index contributed by atoms with van der Waals surface area (Å²) in [7, 11) is 1.89. The van der Waals surface area contributed by atoms with Crippen LogP contribution in [0.25, 0.3) is 10.6 Å². The highest BCUT2D eigenvalue weighted by molar-refractivity contribution is 7.13. The van der Waals surface area contributed by atoms with Gasteiger partial charge < -0.3 is 5.32 Å². The number of benzene rings is 1. The number of nitrogens with one attached hydrogen (secondary N) is 1. The molecule has 0 bridgehead atoms. The van der Waals surface area contributed by atoms with Crippen molar-refractivity contribution in [1.82, 2.24) is 20.1 Å². The van der Waals surface area contributed by atoms with Crippen molar-refractivity contribution in [3.05, 3.63) is 58.4 Å². The van der Waals surface area contributed by atoms with Gasteiger partial charge in [0.05, 0.1) is 24.4 Å². The zero-order chi connectivity index (χ0) is 17.1. The second-order valence-corrected chi connectivity index (χ2v) is 6.59. The third kappa shape index (κ3) is 3.54. The predicted octanol–water partition coefficient (Wildman–Crippen LogP) is 3.02. The Balaban J connectivity index is 1.60. The Hall–Kier alpha value is -2.47. The summed E-state index contributed by atoms with van der Waals surface area (Å²) in [6.45, 7) is 4.36. The molecule has 24 heavy (non-hydrogen) atoms. The summed E-state index contributed by atoms with van der Waals surface area (Å²) in [4.78, 5) is 16.8. The van der Waals surface area contributed by atoms with E-state index in [1.165, 1.54) is 0 Å². The van der Waals surface area contributed by atoms with Crippen LogP contribution in [0.4, 0.5) is 0 Å². The van der Waals surface area contributed by atoms with Crippen LogP contribution in [0.1, 0.15) is 22.6 Å². The summed E-state index contributed by atoms with van der Waals surface area (Å²) in [6, 6.07) is 10.1. The van der Waals surface area contributed by atoms with Crippen LogP contribution < -0.4 is 5.32 Å². The highest BCUT2D eigenvalue weighted by Crippen LogP contribution is 2.23. The fraction of sp³-hybridized carbons (Fsp3) is 0.278. The molecular weight excluding hydrogens is 320 g/mol. The molecular formula is C18H20N4OS. The third-order valence-corrected chi connectivity index (χ3v) is 4.98. The minimum atomic E-state index is -0.0107. The maximum absolute atomic E-state index is 12.2. The molecule has 6 heteroatoms. The lowest BCUT2D eigenvalue weighted by Gasteiger charge is -2.04. The first-order chi connectivity index (χ1) is 11.5. The lowest BCUT2D eigenvalue weighted by atomic mass is 10.1. The minimum Gasteiger partial charge on any atom is -0.350 e. The molecule has 0 aliphatic rings. The molecule has 0 fully saturated rings. The van der Waals surface area contributed by atoms with Crippen molar-refractivity contribution in [3.63, 3.8) is 0 Å². The summed E-state index contributed by atoms with van der Waals surface area (Å²) in [6.07, 6.45) is 0.348. The molecule has 0 atom stereocenters. The third-order valence-electron chi connectivity index (χ3n) is 4.04. The lowest BCUT2D eigenvalue weighted by Crippen LogP contribution is -2.25. The van der Waals surface area contributed by atoms with Gasteiger partial charge in [0.25, 0.3) is 0 Å². The van der Waals surface area contributed by atoms with Crippen molar-refractivity contribution >= 4 is 17.2 Å². The number of aromatic nitrogens is 3. The summed E-state index contributed by atoms with van der Waals surface area (Å²) in [5.41, 5.74) is 4.92. The smallest absolute Gasteiger partial charge is 0.224 e. The van der Waals surface area contributed by atoms with Crippen LogP contribution in [-0.4, -0.2) is 20.7 Å². The lowest BCUT2D eigenvalue weighted by molar-refractivity contribution is -0.120. The van der Waals surface area contributed by atoms with Gasteiger partial charge in [-0.05, 0) is 13.8 Å². The molecule has 0 saturated carbocycles. The normalized spacial score (nSPS) is 10.8. The fourth-order valence-electron chi connectivity index (χ4n) is 2.59. The summed E-state index contributed by atoms with van der Waals surface area (Å²) < 4.78 is 1.81. The van der Waals surface area contributed by atoms with Gasteiger partial charge in [0.1, 0.15) is 5.01 Å². The molecule has 0 aliphatic carbocycles. The molecule has 2 aromatic heterocycles. The second-order valence-electron chi connectivity index (χ2n) is 5.74. The second kappa shape index (κ2) is 6.97. The standard InChI is InChI=1S/C18H20N4OS/c1-12-16(13(2)22(3)21-12)9-17(23)19-10-15-11-24-18(20-15)14-7-5-4-6-8-14/h4-8,11H,9-10H2,1-3H3,(H,19,23). The van der Waals surface area contributed by atoms with E-state index in [4.69, 9.17) is 0 Å². The van der Waals surface area contributed by atoms with Gasteiger partial charge in [-0.2, -0.15) is 5.10 Å². The number of carbonyl (C=O) groups excluding carboxylic acids is 1. The Morgan fingerprint density at radius 2 is 2.00 bits per heavy atom. The van der Waals surface area contributed by atoms with Gasteiger partial charge in [-0.3, -0.25) is 9.48 Å². The van der Waals surface area contributed by atoms with Crippen LogP contribution in [0.15, 0.2) is 35.7 Å². The quantitative estimate of drug-likeness (QED) is 0.777. The molecule has 3 rings (SSSR count). The van der Waals surface area contributed by atoms with Crippen LogP contribution in [0, 0.1) is 13.8 Å². The van der Waals surface area contributed by atoms with Crippen molar-refractivity contribution in [2.75, 3.05) is 0 Å². The summed E-state index contributed by atoms with van der Waals surface area (Å²) >= 11 is 1.59. The van der Waals surface area contributed by atoms with E-state index < -0.39 is 0 Å². The topological polar surface area (TPSA) is 59.8 Å². The van der Waals surface area contributed by atoms with Gasteiger partial charge in [0.15, 0.2) is 0 Å². The average molecular weight is 340 g/mol. The Bertz CT molecular complexity index is 851. The van der Waals surface area contributed by atoms with Crippen molar-refractivity contribution in [3.8, 4) is 10.6 Å². The number of hydrogen-bond acceptors (Lipinski definition) is 4. The van der Waals surface area contributed by atoms with Crippen molar-refractivity contribution in [2.45, 2.75) is 26.8 Å². The van der Waals surface area contributed by atoms with Gasteiger partial charge in [-0.25, -0.2) is 4.98 Å². The Morgan fingerprint density at radius 1 is 1.25 bits per heavy atom. The molecule has 1 N–H and O–H groups in total. The number of amides is 1. The average Bonchev–Trinajstić information content (AvgIpc) is 3.15. The Labute approximate surface area is 145 Å². The monoisotopic (exact) mass is 340 g/mol. The van der Waals surface area contributed by atoms with E-state index in [9.17, 15) is 4.79 Å². The van der Waals surface area contributed by atoms with E-state index in [0.29, 0.717) is 13.0 Å². The van der Waals surface area contributed by atoms with E-state index in [1.807, 2.05) is 61.3 Å². The van der Waals surface area contributed by atoms with E-state index in [0.717, 1.165) is 33.2 Å². The van der Waals surface area contributed by atoms with Crippen LogP contribution in [0.2, 0.25) is 0 Å². The first-order valence-electron chi connectivity index (χ1n) is 7.80. The summed E-state index contributed by atoms with van der Waals surface area (Å²) in [5.74, 6) is -0.0107. The van der Waals surface area contributed by atoms with Crippen LogP contribution >= 0.6 is 11.3 Å². The summed E-state index contributed by atoms with van der Waals surface area (Å²) in [5, 5.41) is 10.2. The number of carbonyl (C=O) groups is 1. The number of hydrogen-bond donors (Lipinski definition) is 1. The molecule has 2 heterocycles. The predicted molar refractivity (Wildman–Crippen MR) is 95.8 cm³/mol. The zero-order valence-electron chi connectivity index (χ0n) is 14.0. The zero-order valence-corrected chi connectivity index (χ0v) is 14.9. The number of rotatable bonds is 5. The highest BCUT2D eigenvalue weighted by Gasteiger charge is 2.13. The van der Waals surface area contributed by atoms with E-state index in [1.54, 1.807) is 11.3 Å². The molecule has 1 aromatic carbocycles.